The van der Waals surface area contributed by atoms with Crippen molar-refractivity contribution >= 4 is 17.3 Å². The summed E-state index contributed by atoms with van der Waals surface area (Å²) >= 11 is 6.56. The number of nitrogens with zero attached hydrogens (tertiary/aromatic N) is 1. The highest BCUT2D eigenvalue weighted by Gasteiger charge is 2.46. The summed E-state index contributed by atoms with van der Waals surface area (Å²) in [6, 6.07) is 6.76. The van der Waals surface area contributed by atoms with Gasteiger partial charge in [-0.25, -0.2) is 0 Å². The van der Waals surface area contributed by atoms with Gasteiger partial charge in [0.25, 0.3) is 0 Å². The van der Waals surface area contributed by atoms with E-state index in [1.165, 1.54) is 24.1 Å². The van der Waals surface area contributed by atoms with Gasteiger partial charge in [-0.05, 0) is 50.2 Å². The Kier molecular flexibility index (Phi) is 3.96. The van der Waals surface area contributed by atoms with Crippen LogP contribution in [0.4, 0.5) is 5.69 Å². The molecule has 0 aromatic heterocycles. The number of piperazine rings is 1. The van der Waals surface area contributed by atoms with Crippen LogP contribution in [0.1, 0.15) is 39.2 Å². The van der Waals surface area contributed by atoms with Gasteiger partial charge in [0.05, 0.1) is 10.7 Å². The molecule has 1 heterocycles. The second-order valence-corrected chi connectivity index (χ2v) is 7.82. The van der Waals surface area contributed by atoms with Crippen molar-refractivity contribution in [2.45, 2.75) is 52.1 Å². The molecule has 1 aromatic rings. The van der Waals surface area contributed by atoms with Gasteiger partial charge in [0, 0.05) is 24.7 Å². The molecule has 1 saturated heterocycles. The number of benzene rings is 1. The van der Waals surface area contributed by atoms with Crippen LogP contribution in [0.2, 0.25) is 5.02 Å². The maximum atomic E-state index is 6.56. The first-order valence-corrected chi connectivity index (χ1v) is 8.57. The minimum Gasteiger partial charge on any atom is -0.364 e. The molecular weight excluding hydrogens is 280 g/mol. The largest absolute Gasteiger partial charge is 0.364 e. The molecule has 2 atom stereocenters. The van der Waals surface area contributed by atoms with Crippen molar-refractivity contribution in [3.05, 3.63) is 28.8 Å². The fourth-order valence-corrected chi connectivity index (χ4v) is 4.13. The predicted molar refractivity (Wildman–Crippen MR) is 91.3 cm³/mol. The Hall–Kier alpha value is -0.730. The van der Waals surface area contributed by atoms with Gasteiger partial charge in [-0.15, -0.1) is 0 Å². The molecule has 1 N–H and O–H groups in total. The lowest BCUT2D eigenvalue weighted by atomic mass is 9.87. The maximum absolute atomic E-state index is 6.56. The van der Waals surface area contributed by atoms with Gasteiger partial charge in [-0.2, -0.15) is 0 Å². The van der Waals surface area contributed by atoms with Gasteiger partial charge >= 0.3 is 0 Å². The van der Waals surface area contributed by atoms with E-state index < -0.39 is 0 Å². The van der Waals surface area contributed by atoms with Crippen LogP contribution in [0.5, 0.6) is 0 Å². The zero-order chi connectivity index (χ0) is 15.2. The minimum absolute atomic E-state index is 0.233. The van der Waals surface area contributed by atoms with Gasteiger partial charge in [0.15, 0.2) is 0 Å². The van der Waals surface area contributed by atoms with Crippen molar-refractivity contribution in [1.29, 1.82) is 0 Å². The highest BCUT2D eigenvalue weighted by molar-refractivity contribution is 6.33. The third-order valence-electron chi connectivity index (χ3n) is 5.34. The maximum Gasteiger partial charge on any atom is 0.0642 e. The molecule has 3 rings (SSSR count). The van der Waals surface area contributed by atoms with Crippen LogP contribution in [0.25, 0.3) is 0 Å². The number of nitrogens with one attached hydrogen (secondary N) is 1. The fourth-order valence-electron chi connectivity index (χ4n) is 3.80. The summed E-state index contributed by atoms with van der Waals surface area (Å²) in [7, 11) is 0. The van der Waals surface area contributed by atoms with E-state index in [4.69, 9.17) is 11.6 Å². The lowest BCUT2D eigenvalue weighted by Gasteiger charge is -2.50. The molecule has 2 unspecified atom stereocenters. The Morgan fingerprint density at radius 1 is 1.33 bits per heavy atom. The van der Waals surface area contributed by atoms with E-state index in [0.717, 1.165) is 24.0 Å². The highest BCUT2D eigenvalue weighted by Crippen LogP contribution is 2.44. The Morgan fingerprint density at radius 2 is 2.05 bits per heavy atom. The second kappa shape index (κ2) is 5.48. The van der Waals surface area contributed by atoms with Crippen LogP contribution in [0, 0.1) is 18.8 Å². The van der Waals surface area contributed by atoms with Crippen LogP contribution in [-0.2, 0) is 0 Å². The molecule has 116 valence electrons. The molecule has 0 bridgehead atoms. The van der Waals surface area contributed by atoms with E-state index >= 15 is 0 Å². The summed E-state index contributed by atoms with van der Waals surface area (Å²) in [5.41, 5.74) is 2.76. The Labute approximate surface area is 133 Å². The number of rotatable bonds is 3. The first-order chi connectivity index (χ1) is 9.92. The molecule has 0 amide bonds. The van der Waals surface area contributed by atoms with Crippen LogP contribution in [0.15, 0.2) is 18.2 Å². The summed E-state index contributed by atoms with van der Waals surface area (Å²) in [5, 5.41) is 4.73. The van der Waals surface area contributed by atoms with Gasteiger partial charge in [0.2, 0.25) is 0 Å². The first kappa shape index (κ1) is 15.2. The van der Waals surface area contributed by atoms with E-state index in [-0.39, 0.29) is 5.54 Å². The molecule has 1 aliphatic carbocycles. The topological polar surface area (TPSA) is 15.3 Å². The quantitative estimate of drug-likeness (QED) is 0.898. The predicted octanol–water partition coefficient (Wildman–Crippen LogP) is 4.25. The average Bonchev–Trinajstić information content (AvgIpc) is 3.23. The summed E-state index contributed by atoms with van der Waals surface area (Å²) in [4.78, 5) is 2.58. The zero-order valence-electron chi connectivity index (χ0n) is 13.6. The summed E-state index contributed by atoms with van der Waals surface area (Å²) in [6.45, 7) is 11.3. The van der Waals surface area contributed by atoms with Gasteiger partial charge < -0.3 is 10.2 Å². The minimum atomic E-state index is 0.233. The zero-order valence-corrected chi connectivity index (χ0v) is 14.4. The van der Waals surface area contributed by atoms with E-state index in [9.17, 15) is 0 Å². The highest BCUT2D eigenvalue weighted by atomic mass is 35.5. The molecule has 1 aliphatic heterocycles. The van der Waals surface area contributed by atoms with E-state index in [2.05, 4.69) is 44.0 Å². The smallest absolute Gasteiger partial charge is 0.0642 e. The van der Waals surface area contributed by atoms with E-state index in [0.29, 0.717) is 12.0 Å². The average molecular weight is 307 g/mol. The number of aryl methyl sites for hydroxylation is 1. The van der Waals surface area contributed by atoms with Crippen molar-refractivity contribution < 1.29 is 0 Å². The molecule has 0 radical (unpaired) electrons. The molecule has 21 heavy (non-hydrogen) atoms. The molecule has 1 saturated carbocycles. The van der Waals surface area contributed by atoms with Crippen LogP contribution in [0.3, 0.4) is 0 Å². The summed E-state index contributed by atoms with van der Waals surface area (Å²) < 4.78 is 0. The van der Waals surface area contributed by atoms with Crippen molar-refractivity contribution in [1.82, 2.24) is 5.32 Å². The molecular formula is C18H27ClN2. The lowest BCUT2D eigenvalue weighted by Crippen LogP contribution is -2.65. The number of anilines is 1. The van der Waals surface area contributed by atoms with Crippen molar-refractivity contribution in [3.8, 4) is 0 Å². The molecule has 3 heteroatoms. The molecule has 0 spiro atoms. The Bertz CT molecular complexity index is 504. The van der Waals surface area contributed by atoms with Gasteiger partial charge in [0.1, 0.15) is 0 Å². The standard InChI is InChI=1S/C18H27ClN2/c1-12(2)16-10-20-18(4,14-8-9-14)11-21(16)17-13(3)6-5-7-15(17)19/h5-7,12,14,16,20H,8-11H2,1-4H3. The lowest BCUT2D eigenvalue weighted by molar-refractivity contribution is 0.233. The SMILES string of the molecule is Cc1cccc(Cl)c1N1CC(C)(C2CC2)NCC1C(C)C. The van der Waals surface area contributed by atoms with Gasteiger partial charge in [-0.1, -0.05) is 37.6 Å². The number of hydrogen-bond donors (Lipinski definition) is 1. The van der Waals surface area contributed by atoms with Crippen molar-refractivity contribution in [2.75, 3.05) is 18.0 Å². The number of halogens is 1. The van der Waals surface area contributed by atoms with E-state index in [1.807, 2.05) is 12.1 Å². The van der Waals surface area contributed by atoms with Crippen LogP contribution in [-0.4, -0.2) is 24.7 Å². The number of hydrogen-bond acceptors (Lipinski definition) is 2. The monoisotopic (exact) mass is 306 g/mol. The molecule has 2 nitrogen and oxygen atoms in total. The molecule has 2 fully saturated rings. The Balaban J connectivity index is 1.97. The third kappa shape index (κ3) is 2.80. The van der Waals surface area contributed by atoms with Crippen molar-refractivity contribution in [2.24, 2.45) is 11.8 Å². The van der Waals surface area contributed by atoms with Crippen LogP contribution < -0.4 is 10.2 Å². The fraction of sp³-hybridized carbons (Fsp3) is 0.667. The molecule has 1 aromatic carbocycles. The first-order valence-electron chi connectivity index (χ1n) is 8.19. The summed E-state index contributed by atoms with van der Waals surface area (Å²) in [5.74, 6) is 1.44. The van der Waals surface area contributed by atoms with Crippen LogP contribution >= 0.6 is 11.6 Å². The van der Waals surface area contributed by atoms with Gasteiger partial charge in [-0.3, -0.25) is 0 Å². The molecule has 2 aliphatic rings. The Morgan fingerprint density at radius 3 is 2.62 bits per heavy atom. The third-order valence-corrected chi connectivity index (χ3v) is 5.64. The van der Waals surface area contributed by atoms with E-state index in [1.54, 1.807) is 0 Å². The second-order valence-electron chi connectivity index (χ2n) is 7.42. The normalized spacial score (nSPS) is 30.0. The van der Waals surface area contributed by atoms with Crippen molar-refractivity contribution in [3.63, 3.8) is 0 Å². The number of para-hydroxylation sites is 1. The summed E-state index contributed by atoms with van der Waals surface area (Å²) in [6.07, 6.45) is 2.73.